The second-order valence-electron chi connectivity index (χ2n) is 7.32. The third kappa shape index (κ3) is 3.93. The second-order valence-corrected chi connectivity index (χ2v) is 7.32. The first-order chi connectivity index (χ1) is 13.2. The van der Waals surface area contributed by atoms with Crippen molar-refractivity contribution in [2.24, 2.45) is 0 Å². The Bertz CT molecular complexity index is 755. The molecule has 5 nitrogen and oxygen atoms in total. The van der Waals surface area contributed by atoms with Crippen LogP contribution in [0.5, 0.6) is 5.75 Å². The summed E-state index contributed by atoms with van der Waals surface area (Å²) >= 11 is 0. The number of hydrogen-bond acceptors (Lipinski definition) is 3. The lowest BCUT2D eigenvalue weighted by Gasteiger charge is -2.36. The first-order valence-corrected chi connectivity index (χ1v) is 9.73. The molecular formula is C22H27N3O2. The third-order valence-electron chi connectivity index (χ3n) is 5.67. The summed E-state index contributed by atoms with van der Waals surface area (Å²) in [6, 6.07) is 18.9. The van der Waals surface area contributed by atoms with E-state index in [1.807, 2.05) is 29.2 Å². The standard InChI is InChI=1S/C22H27N3O2/c1-27-21-9-7-19(8-10-21)24-15-16-25(22(24)26)20-11-13-23(14-12-20)17-18-5-3-2-4-6-18/h2-10,20H,11-17H2,1H3. The molecule has 2 fully saturated rings. The zero-order chi connectivity index (χ0) is 18.6. The van der Waals surface area contributed by atoms with Gasteiger partial charge in [0.15, 0.2) is 0 Å². The van der Waals surface area contributed by atoms with E-state index in [4.69, 9.17) is 4.74 Å². The van der Waals surface area contributed by atoms with E-state index in [2.05, 4.69) is 40.1 Å². The zero-order valence-corrected chi connectivity index (χ0v) is 15.9. The van der Waals surface area contributed by atoms with Crippen LogP contribution in [0.1, 0.15) is 18.4 Å². The van der Waals surface area contributed by atoms with Gasteiger partial charge in [0.1, 0.15) is 5.75 Å². The summed E-state index contributed by atoms with van der Waals surface area (Å²) in [6.45, 7) is 4.67. The van der Waals surface area contributed by atoms with Crippen molar-refractivity contribution in [2.75, 3.05) is 38.2 Å². The van der Waals surface area contributed by atoms with Crippen LogP contribution in [0.2, 0.25) is 0 Å². The molecule has 0 saturated carbocycles. The fraction of sp³-hybridized carbons (Fsp3) is 0.409. The number of amides is 2. The summed E-state index contributed by atoms with van der Waals surface area (Å²) in [6.07, 6.45) is 2.10. The second kappa shape index (κ2) is 8.01. The van der Waals surface area contributed by atoms with E-state index in [9.17, 15) is 4.79 Å². The molecule has 0 N–H and O–H groups in total. The smallest absolute Gasteiger partial charge is 0.324 e. The van der Waals surface area contributed by atoms with E-state index < -0.39 is 0 Å². The Morgan fingerprint density at radius 1 is 0.926 bits per heavy atom. The number of ether oxygens (including phenoxy) is 1. The van der Waals surface area contributed by atoms with Crippen LogP contribution in [0, 0.1) is 0 Å². The van der Waals surface area contributed by atoms with Crippen LogP contribution >= 0.6 is 0 Å². The number of urea groups is 1. The molecule has 142 valence electrons. The number of nitrogens with zero attached hydrogens (tertiary/aromatic N) is 3. The molecule has 2 amide bonds. The minimum atomic E-state index is 0.140. The molecule has 4 rings (SSSR count). The summed E-state index contributed by atoms with van der Waals surface area (Å²) in [5.74, 6) is 0.813. The van der Waals surface area contributed by atoms with Crippen LogP contribution in [-0.4, -0.2) is 55.2 Å². The molecule has 0 aliphatic carbocycles. The fourth-order valence-electron chi connectivity index (χ4n) is 4.13. The van der Waals surface area contributed by atoms with Crippen molar-refractivity contribution in [3.63, 3.8) is 0 Å². The van der Waals surface area contributed by atoms with Crippen molar-refractivity contribution in [1.82, 2.24) is 9.80 Å². The molecule has 2 aliphatic rings. The zero-order valence-electron chi connectivity index (χ0n) is 15.9. The van der Waals surface area contributed by atoms with Crippen molar-refractivity contribution in [3.05, 3.63) is 60.2 Å². The molecule has 5 heteroatoms. The number of benzene rings is 2. The summed E-state index contributed by atoms with van der Waals surface area (Å²) in [4.78, 5) is 19.4. The molecule has 27 heavy (non-hydrogen) atoms. The monoisotopic (exact) mass is 365 g/mol. The lowest BCUT2D eigenvalue weighted by Crippen LogP contribution is -2.46. The first kappa shape index (κ1) is 17.9. The van der Waals surface area contributed by atoms with E-state index in [1.165, 1.54) is 5.56 Å². The fourth-order valence-corrected chi connectivity index (χ4v) is 4.13. The topological polar surface area (TPSA) is 36.0 Å². The Morgan fingerprint density at radius 3 is 2.30 bits per heavy atom. The van der Waals surface area contributed by atoms with E-state index in [1.54, 1.807) is 7.11 Å². The average molecular weight is 365 g/mol. The van der Waals surface area contributed by atoms with E-state index >= 15 is 0 Å². The van der Waals surface area contributed by atoms with Gasteiger partial charge in [0.25, 0.3) is 0 Å². The highest BCUT2D eigenvalue weighted by atomic mass is 16.5. The summed E-state index contributed by atoms with van der Waals surface area (Å²) in [5.41, 5.74) is 2.31. The molecule has 2 aromatic carbocycles. The predicted molar refractivity (Wildman–Crippen MR) is 107 cm³/mol. The molecular weight excluding hydrogens is 338 g/mol. The Hall–Kier alpha value is -2.53. The maximum absolute atomic E-state index is 12.9. The SMILES string of the molecule is COc1ccc(N2CCN(C3CCN(Cc4ccccc4)CC3)C2=O)cc1. The minimum Gasteiger partial charge on any atom is -0.497 e. The van der Waals surface area contributed by atoms with Crippen molar-refractivity contribution < 1.29 is 9.53 Å². The van der Waals surface area contributed by atoms with E-state index in [-0.39, 0.29) is 6.03 Å². The van der Waals surface area contributed by atoms with Crippen LogP contribution in [0.25, 0.3) is 0 Å². The molecule has 2 aromatic rings. The van der Waals surface area contributed by atoms with Crippen molar-refractivity contribution in [2.45, 2.75) is 25.4 Å². The van der Waals surface area contributed by atoms with Crippen LogP contribution in [0.3, 0.4) is 0 Å². The number of anilines is 1. The number of piperidine rings is 1. The summed E-state index contributed by atoms with van der Waals surface area (Å²) in [7, 11) is 1.65. The lowest BCUT2D eigenvalue weighted by atomic mass is 10.0. The first-order valence-electron chi connectivity index (χ1n) is 9.73. The molecule has 2 aliphatic heterocycles. The number of hydrogen-bond donors (Lipinski definition) is 0. The van der Waals surface area contributed by atoms with Crippen LogP contribution in [-0.2, 0) is 6.54 Å². The highest BCUT2D eigenvalue weighted by molar-refractivity contribution is 5.94. The normalized spacial score (nSPS) is 18.9. The predicted octanol–water partition coefficient (Wildman–Crippen LogP) is 3.60. The Labute approximate surface area is 161 Å². The largest absolute Gasteiger partial charge is 0.497 e. The van der Waals surface area contributed by atoms with Crippen molar-refractivity contribution in [3.8, 4) is 5.75 Å². The van der Waals surface area contributed by atoms with Gasteiger partial charge in [0, 0.05) is 44.5 Å². The van der Waals surface area contributed by atoms with Gasteiger partial charge in [-0.3, -0.25) is 9.80 Å². The van der Waals surface area contributed by atoms with Gasteiger partial charge in [-0.2, -0.15) is 0 Å². The number of likely N-dealkylation sites (tertiary alicyclic amines) is 1. The van der Waals surface area contributed by atoms with Gasteiger partial charge in [-0.05, 0) is 42.7 Å². The van der Waals surface area contributed by atoms with Gasteiger partial charge in [0.2, 0.25) is 0 Å². The highest BCUT2D eigenvalue weighted by Gasteiger charge is 2.35. The molecule has 0 spiro atoms. The van der Waals surface area contributed by atoms with Gasteiger partial charge >= 0.3 is 6.03 Å². The summed E-state index contributed by atoms with van der Waals surface area (Å²) < 4.78 is 5.21. The number of carbonyl (C=O) groups is 1. The number of rotatable bonds is 5. The Balaban J connectivity index is 1.33. The maximum atomic E-state index is 12.9. The lowest BCUT2D eigenvalue weighted by molar-refractivity contribution is 0.133. The Kier molecular flexibility index (Phi) is 5.30. The third-order valence-corrected chi connectivity index (χ3v) is 5.67. The van der Waals surface area contributed by atoms with Gasteiger partial charge in [-0.25, -0.2) is 4.79 Å². The van der Waals surface area contributed by atoms with Gasteiger partial charge in [-0.15, -0.1) is 0 Å². The quantitative estimate of drug-likeness (QED) is 0.812. The number of carbonyl (C=O) groups excluding carboxylic acids is 1. The average Bonchev–Trinajstić information content (AvgIpc) is 3.11. The van der Waals surface area contributed by atoms with Crippen LogP contribution in [0.15, 0.2) is 54.6 Å². The van der Waals surface area contributed by atoms with Crippen LogP contribution < -0.4 is 9.64 Å². The highest BCUT2D eigenvalue weighted by Crippen LogP contribution is 2.27. The summed E-state index contributed by atoms with van der Waals surface area (Å²) in [5, 5.41) is 0. The minimum absolute atomic E-state index is 0.140. The van der Waals surface area contributed by atoms with E-state index in [0.29, 0.717) is 6.04 Å². The molecule has 0 unspecified atom stereocenters. The van der Waals surface area contributed by atoms with E-state index in [0.717, 1.165) is 57.0 Å². The molecule has 0 atom stereocenters. The molecule has 0 aromatic heterocycles. The number of methoxy groups -OCH3 is 1. The molecule has 0 bridgehead atoms. The maximum Gasteiger partial charge on any atom is 0.324 e. The van der Waals surface area contributed by atoms with Gasteiger partial charge in [-0.1, -0.05) is 30.3 Å². The molecule has 0 radical (unpaired) electrons. The molecule has 2 heterocycles. The van der Waals surface area contributed by atoms with Crippen molar-refractivity contribution in [1.29, 1.82) is 0 Å². The van der Waals surface area contributed by atoms with Gasteiger partial charge in [0.05, 0.1) is 7.11 Å². The Morgan fingerprint density at radius 2 is 1.63 bits per heavy atom. The van der Waals surface area contributed by atoms with Gasteiger partial charge < -0.3 is 9.64 Å². The van der Waals surface area contributed by atoms with Crippen molar-refractivity contribution >= 4 is 11.7 Å². The molecule has 2 saturated heterocycles. The van der Waals surface area contributed by atoms with Crippen LogP contribution in [0.4, 0.5) is 10.5 Å².